The van der Waals surface area contributed by atoms with Crippen LogP contribution in [-0.4, -0.2) is 108 Å². The lowest BCUT2D eigenvalue weighted by molar-refractivity contribution is -0.274. The van der Waals surface area contributed by atoms with Gasteiger partial charge in [-0.25, -0.2) is 4.39 Å². The molecule has 0 radical (unpaired) electrons. The molecule has 0 bridgehead atoms. The highest BCUT2D eigenvalue weighted by atomic mass is 35.5. The molecule has 79 heavy (non-hydrogen) atoms. The average molecular weight is 1160 g/mol. The zero-order chi connectivity index (χ0) is 57.8. The Labute approximate surface area is 468 Å². The van der Waals surface area contributed by atoms with E-state index < -0.39 is 23.8 Å². The molecule has 22 heteroatoms. The van der Waals surface area contributed by atoms with Crippen molar-refractivity contribution in [2.24, 2.45) is 0 Å². The second-order valence-electron chi connectivity index (χ2n) is 16.0. The number of imide groups is 2. The minimum absolute atomic E-state index is 0.00730. The first-order valence-corrected chi connectivity index (χ1v) is 26.5. The fourth-order valence-electron chi connectivity index (χ4n) is 6.61. The van der Waals surface area contributed by atoms with Gasteiger partial charge in [0.15, 0.2) is 0 Å². The number of nitrogens with one attached hydrogen (secondary N) is 2. The van der Waals surface area contributed by atoms with E-state index in [-0.39, 0.29) is 55.4 Å². The van der Waals surface area contributed by atoms with Gasteiger partial charge < -0.3 is 33.2 Å². The lowest BCUT2D eigenvalue weighted by Gasteiger charge is -2.20. The Hall–Kier alpha value is -7.11. The Morgan fingerprint density at radius 2 is 1.06 bits per heavy atom. The number of aldehydes is 2. The number of thioether (sulfide) groups is 2. The third kappa shape index (κ3) is 26.4. The molecule has 6 aromatic carbocycles. The topological polar surface area (TPSA) is 191 Å². The van der Waals surface area contributed by atoms with Gasteiger partial charge in [0.1, 0.15) is 74.6 Å². The molecule has 6 rings (SSSR count). The third-order valence-electron chi connectivity index (χ3n) is 10.5. The summed E-state index contributed by atoms with van der Waals surface area (Å²) in [6.45, 7) is 0.0443. The number of hydrogen-bond acceptors (Lipinski definition) is 15. The molecule has 0 heterocycles. The van der Waals surface area contributed by atoms with Crippen LogP contribution in [0.15, 0.2) is 152 Å². The van der Waals surface area contributed by atoms with Gasteiger partial charge in [0.2, 0.25) is 24.6 Å². The Morgan fingerprint density at radius 3 is 1.51 bits per heavy atom. The van der Waals surface area contributed by atoms with E-state index in [1.807, 2.05) is 36.6 Å². The van der Waals surface area contributed by atoms with Crippen LogP contribution in [0.5, 0.6) is 17.2 Å². The number of benzene rings is 6. The van der Waals surface area contributed by atoms with E-state index in [4.69, 9.17) is 40.0 Å². The summed E-state index contributed by atoms with van der Waals surface area (Å²) in [4.78, 5) is 64.7. The number of amides is 4. The van der Waals surface area contributed by atoms with Crippen LogP contribution in [0.1, 0.15) is 55.2 Å². The van der Waals surface area contributed by atoms with Gasteiger partial charge in [0.25, 0.3) is 0 Å². The maximum atomic E-state index is 14.1. The maximum Gasteiger partial charge on any atom is 0.573 e. The molecule has 0 fully saturated rings. The Kier molecular flexibility index (Phi) is 31.5. The molecule has 6 aromatic rings. The van der Waals surface area contributed by atoms with Crippen LogP contribution in [0.25, 0.3) is 0 Å². The molecule has 2 N–H and O–H groups in total. The molecule has 4 amide bonds. The number of hydrogen-bond donors (Lipinski definition) is 2. The molecule has 0 aliphatic rings. The van der Waals surface area contributed by atoms with Gasteiger partial charge >= 0.3 is 6.36 Å². The normalized spacial score (nSPS) is 12.1. The van der Waals surface area contributed by atoms with E-state index in [2.05, 4.69) is 15.4 Å². The van der Waals surface area contributed by atoms with Gasteiger partial charge in [0.05, 0.1) is 10.5 Å². The van der Waals surface area contributed by atoms with Gasteiger partial charge in [0, 0.05) is 35.9 Å². The molecule has 15 nitrogen and oxygen atoms in total. The average Bonchev–Trinajstić information content (AvgIpc) is 3.46. The summed E-state index contributed by atoms with van der Waals surface area (Å²) in [5, 5.41) is 4.15. The maximum absolute atomic E-state index is 14.1. The Balaban J connectivity index is 0.000000320. The summed E-state index contributed by atoms with van der Waals surface area (Å²) >= 11 is 8.27. The number of rotatable bonds is 27. The molecular weight excluding hydrogens is 1100 g/mol. The van der Waals surface area contributed by atoms with Crippen molar-refractivity contribution in [1.29, 1.82) is 0 Å². The molecular formula is C57H59ClF4N2O13S2. The van der Waals surface area contributed by atoms with Crippen molar-refractivity contribution < 1.29 is 79.5 Å². The lowest BCUT2D eigenvalue weighted by atomic mass is 10.1. The fraction of sp³-hybridized carbons (Fsp3) is 0.263. The summed E-state index contributed by atoms with van der Waals surface area (Å²) in [5.41, 5.74) is 3.96. The fourth-order valence-corrected chi connectivity index (χ4v) is 8.09. The number of carbonyl (C=O) groups is 6. The highest BCUT2D eigenvalue weighted by Crippen LogP contribution is 2.29. The lowest BCUT2D eigenvalue weighted by Crippen LogP contribution is -2.32. The minimum atomic E-state index is -4.80. The summed E-state index contributed by atoms with van der Waals surface area (Å²) in [7, 11) is 2.92. The molecule has 0 saturated carbocycles. The second-order valence-corrected chi connectivity index (χ2v) is 18.5. The number of halogens is 5. The molecule has 4 unspecified atom stereocenters. The quantitative estimate of drug-likeness (QED) is 0.0281. The summed E-state index contributed by atoms with van der Waals surface area (Å²) < 4.78 is 88.1. The van der Waals surface area contributed by atoms with Crippen LogP contribution in [0, 0.1) is 5.82 Å². The number of methoxy groups -OCH3 is 2. The van der Waals surface area contributed by atoms with Crippen molar-refractivity contribution in [2.75, 3.05) is 53.5 Å². The SMILES string of the molecule is COCOC(COc1ccc(CC(SC)C(=O)NC=O)cc1)c1cccc(OC(F)(F)F)c1.COCOC(COc1ccc(CC(SC)C(=O)NC=O)cc1)c1ccccc1F.O=Cc1cccc(Cl)c1.O=Cc1ccccc1. The van der Waals surface area contributed by atoms with E-state index in [9.17, 15) is 46.3 Å². The highest BCUT2D eigenvalue weighted by molar-refractivity contribution is 8.00. The van der Waals surface area contributed by atoms with Crippen LogP contribution in [0.4, 0.5) is 17.6 Å². The predicted octanol–water partition coefficient (Wildman–Crippen LogP) is 10.6. The van der Waals surface area contributed by atoms with Crippen molar-refractivity contribution in [3.8, 4) is 17.2 Å². The summed E-state index contributed by atoms with van der Waals surface area (Å²) in [6, 6.07) is 42.0. The van der Waals surface area contributed by atoms with Gasteiger partial charge in [-0.3, -0.25) is 39.4 Å². The van der Waals surface area contributed by atoms with Crippen molar-refractivity contribution in [2.45, 2.75) is 41.9 Å². The van der Waals surface area contributed by atoms with E-state index in [1.165, 1.54) is 62.0 Å². The third-order valence-corrected chi connectivity index (χ3v) is 12.6. The Bertz CT molecular complexity index is 2750. The first-order chi connectivity index (χ1) is 38.1. The van der Waals surface area contributed by atoms with E-state index >= 15 is 0 Å². The summed E-state index contributed by atoms with van der Waals surface area (Å²) in [6.07, 6.45) is 0.710. The first-order valence-electron chi connectivity index (χ1n) is 23.6. The molecule has 0 spiro atoms. The molecule has 4 atom stereocenters. The van der Waals surface area contributed by atoms with Crippen LogP contribution < -0.4 is 24.8 Å². The standard InChI is InChI=1S/C22H24F3NO6S.C21H24FNO5S.C7H5ClO.C7H6O/c1-29-14-31-19(16-4-3-5-18(11-16)32-22(23,24)25)12-30-17-8-6-15(7-9-17)10-20(33-2)21(28)26-13-27;1-26-14-28-19(17-5-3-4-6-18(17)22)12-27-16-9-7-15(8-10-16)11-20(29-2)21(25)23-13-24;8-7-3-1-2-6(4-7)5-9;8-6-7-4-2-1-3-5-7/h3-9,11,13,19-20H,10,12,14H2,1-2H3,(H,26,27,28);3-10,13,19-20H,11-12,14H2,1-2H3,(H,23,24,25);1-5H;1-6H. The van der Waals surface area contributed by atoms with Crippen molar-refractivity contribution in [3.63, 3.8) is 0 Å². The number of carbonyl (C=O) groups excluding carboxylic acids is 6. The molecule has 0 aromatic heterocycles. The zero-order valence-electron chi connectivity index (χ0n) is 43.3. The van der Waals surface area contributed by atoms with Gasteiger partial charge in [-0.1, -0.05) is 109 Å². The molecule has 0 aliphatic heterocycles. The van der Waals surface area contributed by atoms with E-state index in [0.717, 1.165) is 29.3 Å². The molecule has 0 aliphatic carbocycles. The molecule has 0 saturated heterocycles. The minimum Gasteiger partial charge on any atom is -0.491 e. The zero-order valence-corrected chi connectivity index (χ0v) is 45.7. The van der Waals surface area contributed by atoms with Crippen LogP contribution in [0.3, 0.4) is 0 Å². The van der Waals surface area contributed by atoms with E-state index in [0.29, 0.717) is 58.9 Å². The van der Waals surface area contributed by atoms with Gasteiger partial charge in [-0.15, -0.1) is 13.2 Å². The van der Waals surface area contributed by atoms with Gasteiger partial charge in [-0.2, -0.15) is 23.5 Å². The van der Waals surface area contributed by atoms with Crippen molar-refractivity contribution >= 4 is 72.3 Å². The number of ether oxygens (including phenoxy) is 7. The predicted molar refractivity (Wildman–Crippen MR) is 294 cm³/mol. The molecule has 422 valence electrons. The smallest absolute Gasteiger partial charge is 0.491 e. The number of alkyl halides is 3. The van der Waals surface area contributed by atoms with Crippen LogP contribution in [0.2, 0.25) is 5.02 Å². The monoisotopic (exact) mass is 1150 g/mol. The summed E-state index contributed by atoms with van der Waals surface area (Å²) in [5.74, 6) is -0.329. The van der Waals surface area contributed by atoms with Crippen LogP contribution in [-0.2, 0) is 51.0 Å². The van der Waals surface area contributed by atoms with Crippen LogP contribution >= 0.6 is 35.1 Å². The highest BCUT2D eigenvalue weighted by Gasteiger charge is 2.31. The van der Waals surface area contributed by atoms with Gasteiger partial charge in [-0.05, 0) is 96.6 Å². The van der Waals surface area contributed by atoms with Crippen molar-refractivity contribution in [1.82, 2.24) is 10.6 Å². The van der Waals surface area contributed by atoms with Crippen molar-refractivity contribution in [3.05, 3.63) is 196 Å². The second kappa shape index (κ2) is 37.7. The Morgan fingerprint density at radius 1 is 0.582 bits per heavy atom. The first kappa shape index (κ1) is 66.2. The van der Waals surface area contributed by atoms with E-state index in [1.54, 1.807) is 103 Å². The largest absolute Gasteiger partial charge is 0.573 e.